The Morgan fingerprint density at radius 3 is 2.34 bits per heavy atom. The number of anilines is 1. The summed E-state index contributed by atoms with van der Waals surface area (Å²) in [5.74, 6) is -0.472. The minimum Gasteiger partial charge on any atom is -0.406 e. The average molecular weight is 439 g/mol. The van der Waals surface area contributed by atoms with Gasteiger partial charge in [0.15, 0.2) is 0 Å². The molecular formula is C24H20F3N3O2. The molecule has 4 rings (SSSR count). The van der Waals surface area contributed by atoms with Crippen molar-refractivity contribution in [1.29, 1.82) is 5.26 Å². The van der Waals surface area contributed by atoms with E-state index in [1.165, 1.54) is 24.3 Å². The highest BCUT2D eigenvalue weighted by atomic mass is 19.4. The summed E-state index contributed by atoms with van der Waals surface area (Å²) in [7, 11) is 0. The summed E-state index contributed by atoms with van der Waals surface area (Å²) in [6, 6.07) is 18.7. The van der Waals surface area contributed by atoms with Gasteiger partial charge in [-0.15, -0.1) is 13.2 Å². The molecule has 3 aromatic carbocycles. The van der Waals surface area contributed by atoms with Gasteiger partial charge in [-0.05, 0) is 42.7 Å². The molecular weight excluding hydrogens is 419 g/mol. The van der Waals surface area contributed by atoms with Gasteiger partial charge in [0.1, 0.15) is 5.75 Å². The van der Waals surface area contributed by atoms with Crippen molar-refractivity contribution in [3.63, 3.8) is 0 Å². The SMILES string of the molecule is N#Cc1ccc(N2CCCCN2C(=O)Cc2ccc(OC(F)(F)F)cc2)c2ccccc12. The fourth-order valence-electron chi connectivity index (χ4n) is 3.95. The van der Waals surface area contributed by atoms with Gasteiger partial charge in [-0.1, -0.05) is 36.4 Å². The second-order valence-corrected chi connectivity index (χ2v) is 7.51. The first-order valence-electron chi connectivity index (χ1n) is 10.2. The minimum atomic E-state index is -4.75. The van der Waals surface area contributed by atoms with Gasteiger partial charge in [0.2, 0.25) is 5.91 Å². The van der Waals surface area contributed by atoms with E-state index in [9.17, 15) is 23.2 Å². The van der Waals surface area contributed by atoms with E-state index in [1.807, 2.05) is 35.3 Å². The van der Waals surface area contributed by atoms with E-state index in [2.05, 4.69) is 10.8 Å². The zero-order valence-electron chi connectivity index (χ0n) is 17.1. The molecule has 0 N–H and O–H groups in total. The van der Waals surface area contributed by atoms with E-state index < -0.39 is 6.36 Å². The number of hydrazine groups is 1. The molecule has 0 saturated carbocycles. The smallest absolute Gasteiger partial charge is 0.406 e. The summed E-state index contributed by atoms with van der Waals surface area (Å²) >= 11 is 0. The molecule has 0 spiro atoms. The third kappa shape index (κ3) is 4.62. The Balaban J connectivity index is 1.57. The van der Waals surface area contributed by atoms with Crippen LogP contribution in [0.4, 0.5) is 18.9 Å². The van der Waals surface area contributed by atoms with Gasteiger partial charge in [0.25, 0.3) is 0 Å². The van der Waals surface area contributed by atoms with Crippen LogP contribution >= 0.6 is 0 Å². The van der Waals surface area contributed by atoms with Crippen molar-refractivity contribution in [2.24, 2.45) is 0 Å². The van der Waals surface area contributed by atoms with Crippen molar-refractivity contribution in [3.05, 3.63) is 71.8 Å². The normalized spacial score (nSPS) is 14.3. The van der Waals surface area contributed by atoms with Crippen LogP contribution in [0.3, 0.4) is 0 Å². The Kier molecular flexibility index (Phi) is 5.91. The summed E-state index contributed by atoms with van der Waals surface area (Å²) in [5.41, 5.74) is 2.02. The quantitative estimate of drug-likeness (QED) is 0.561. The number of hydrogen-bond acceptors (Lipinski definition) is 4. The number of rotatable bonds is 4. The molecule has 1 saturated heterocycles. The maximum absolute atomic E-state index is 13.1. The van der Waals surface area contributed by atoms with Gasteiger partial charge in [-0.2, -0.15) is 5.26 Å². The van der Waals surface area contributed by atoms with Crippen molar-refractivity contribution < 1.29 is 22.7 Å². The number of nitriles is 1. The Morgan fingerprint density at radius 1 is 0.969 bits per heavy atom. The zero-order chi connectivity index (χ0) is 22.7. The van der Waals surface area contributed by atoms with Crippen LogP contribution in [0.25, 0.3) is 10.8 Å². The van der Waals surface area contributed by atoms with Crippen molar-refractivity contribution >= 4 is 22.4 Å². The number of hydrogen-bond donors (Lipinski definition) is 0. The number of fused-ring (bicyclic) bond motifs is 1. The predicted octanol–water partition coefficient (Wildman–Crippen LogP) is 5.20. The van der Waals surface area contributed by atoms with Crippen LogP contribution in [0.1, 0.15) is 24.0 Å². The molecule has 0 aliphatic carbocycles. The first-order chi connectivity index (χ1) is 15.4. The number of carbonyl (C=O) groups is 1. The van der Waals surface area contributed by atoms with Gasteiger partial charge in [-0.3, -0.25) is 14.8 Å². The lowest BCUT2D eigenvalue weighted by atomic mass is 10.0. The predicted molar refractivity (Wildman–Crippen MR) is 114 cm³/mol. The maximum atomic E-state index is 13.1. The van der Waals surface area contributed by atoms with Crippen LogP contribution < -0.4 is 9.75 Å². The second-order valence-electron chi connectivity index (χ2n) is 7.51. The number of halogens is 3. The van der Waals surface area contributed by atoms with Crippen LogP contribution in [-0.2, 0) is 11.2 Å². The summed E-state index contributed by atoms with van der Waals surface area (Å²) in [4.78, 5) is 13.1. The van der Waals surface area contributed by atoms with Crippen LogP contribution in [-0.4, -0.2) is 30.4 Å². The first kappa shape index (κ1) is 21.5. The monoisotopic (exact) mass is 439 g/mol. The molecule has 1 aliphatic rings. The number of alkyl halides is 3. The van der Waals surface area contributed by atoms with Crippen molar-refractivity contribution in [2.45, 2.75) is 25.6 Å². The molecule has 0 aromatic heterocycles. The van der Waals surface area contributed by atoms with E-state index in [4.69, 9.17) is 0 Å². The molecule has 3 aromatic rings. The molecule has 5 nitrogen and oxygen atoms in total. The largest absolute Gasteiger partial charge is 0.573 e. The Hall–Kier alpha value is -3.73. The Bertz CT molecular complexity index is 1170. The number of amides is 1. The van der Waals surface area contributed by atoms with E-state index in [1.54, 1.807) is 11.1 Å². The summed E-state index contributed by atoms with van der Waals surface area (Å²) in [6.07, 6.45) is -2.93. The summed E-state index contributed by atoms with van der Waals surface area (Å²) in [5, 5.41) is 14.8. The number of nitrogens with zero attached hydrogens (tertiary/aromatic N) is 3. The lowest BCUT2D eigenvalue weighted by molar-refractivity contribution is -0.274. The lowest BCUT2D eigenvalue weighted by Gasteiger charge is -2.41. The number of benzene rings is 3. The van der Waals surface area contributed by atoms with Crippen LogP contribution in [0.15, 0.2) is 60.7 Å². The van der Waals surface area contributed by atoms with Crippen LogP contribution in [0.2, 0.25) is 0 Å². The Morgan fingerprint density at radius 2 is 1.66 bits per heavy atom. The average Bonchev–Trinajstić information content (AvgIpc) is 2.78. The van der Waals surface area contributed by atoms with E-state index in [0.29, 0.717) is 24.2 Å². The van der Waals surface area contributed by atoms with Gasteiger partial charge in [0, 0.05) is 23.9 Å². The molecule has 1 amide bonds. The highest BCUT2D eigenvalue weighted by Crippen LogP contribution is 2.32. The van der Waals surface area contributed by atoms with Gasteiger partial charge >= 0.3 is 6.36 Å². The van der Waals surface area contributed by atoms with E-state index >= 15 is 0 Å². The highest BCUT2D eigenvalue weighted by molar-refractivity contribution is 5.98. The zero-order valence-corrected chi connectivity index (χ0v) is 17.1. The third-order valence-corrected chi connectivity index (χ3v) is 5.38. The molecule has 1 aliphatic heterocycles. The van der Waals surface area contributed by atoms with Crippen molar-refractivity contribution in [3.8, 4) is 11.8 Å². The fraction of sp³-hybridized carbons (Fsp3) is 0.250. The second kappa shape index (κ2) is 8.79. The molecule has 0 atom stereocenters. The highest BCUT2D eigenvalue weighted by Gasteiger charge is 2.31. The molecule has 1 fully saturated rings. The number of carbonyl (C=O) groups excluding carboxylic acids is 1. The van der Waals surface area contributed by atoms with Gasteiger partial charge in [-0.25, -0.2) is 0 Å². The molecule has 32 heavy (non-hydrogen) atoms. The molecule has 1 heterocycles. The summed E-state index contributed by atoms with van der Waals surface area (Å²) < 4.78 is 40.9. The van der Waals surface area contributed by atoms with Gasteiger partial charge in [0.05, 0.1) is 23.7 Å². The molecule has 0 unspecified atom stereocenters. The fourth-order valence-corrected chi connectivity index (χ4v) is 3.95. The molecule has 0 bridgehead atoms. The van der Waals surface area contributed by atoms with Gasteiger partial charge < -0.3 is 4.74 Å². The van der Waals surface area contributed by atoms with E-state index in [-0.39, 0.29) is 18.1 Å². The maximum Gasteiger partial charge on any atom is 0.573 e. The molecule has 164 valence electrons. The van der Waals surface area contributed by atoms with Crippen LogP contribution in [0.5, 0.6) is 5.75 Å². The van der Waals surface area contributed by atoms with Crippen molar-refractivity contribution in [1.82, 2.24) is 5.01 Å². The van der Waals surface area contributed by atoms with Crippen molar-refractivity contribution in [2.75, 3.05) is 18.1 Å². The standard InChI is InChI=1S/C24H20F3N3O2/c25-24(26,27)32-19-10-7-17(8-11-19)15-23(31)30-14-4-3-13-29(30)22-12-9-18(16-28)20-5-1-2-6-21(20)22/h1-2,5-12H,3-4,13-15H2. The molecule has 8 heteroatoms. The van der Waals surface area contributed by atoms with Crippen LogP contribution in [0, 0.1) is 11.3 Å². The summed E-state index contributed by atoms with van der Waals surface area (Å²) in [6.45, 7) is 1.20. The molecule has 0 radical (unpaired) electrons. The first-order valence-corrected chi connectivity index (χ1v) is 10.2. The Labute approximate surface area is 183 Å². The van der Waals surface area contributed by atoms with E-state index in [0.717, 1.165) is 29.3 Å². The third-order valence-electron chi connectivity index (χ3n) is 5.38. The minimum absolute atomic E-state index is 0.0526. The number of ether oxygens (including phenoxy) is 1. The lowest BCUT2D eigenvalue weighted by Crippen LogP contribution is -2.51. The topological polar surface area (TPSA) is 56.6 Å².